The van der Waals surface area contributed by atoms with Gasteiger partial charge in [-0.25, -0.2) is 4.79 Å². The first-order chi connectivity index (χ1) is 14.1. The topological polar surface area (TPSA) is 171 Å². The Kier molecular flexibility index (Phi) is 49.6. The van der Waals surface area contributed by atoms with Crippen molar-refractivity contribution in [3.8, 4) is 0 Å². The van der Waals surface area contributed by atoms with Gasteiger partial charge >= 0.3 is 47.4 Å². The van der Waals surface area contributed by atoms with Gasteiger partial charge in [-0.2, -0.15) is 0 Å². The number of rotatable bonds is 18. The van der Waals surface area contributed by atoms with E-state index in [1.54, 1.807) is 0 Å². The van der Waals surface area contributed by atoms with Crippen LogP contribution in [0.2, 0.25) is 0 Å². The van der Waals surface area contributed by atoms with Crippen LogP contribution in [0.1, 0.15) is 96.8 Å². The van der Waals surface area contributed by atoms with E-state index in [0.29, 0.717) is 6.42 Å². The Balaban J connectivity index is -0.000000381. The Morgan fingerprint density at radius 3 is 1.66 bits per heavy atom. The fourth-order valence-electron chi connectivity index (χ4n) is 2.70. The molecule has 8 nitrogen and oxygen atoms in total. The standard InChI is InChI=1S/C21H38O5.2ClH.2H2N.H2O.Pt/c1-2-3-4-5-6-7-8-9-10-11-12-13-14-15-16-17-20(22)25-18-19-26-21(23)24;;;;;;/h9-10H,2-8,11-19H2,1H3,(H,23,24);2*1H;3*1H2;/q;;;2*-1;;+4/p-2/b10-9-;;;;;;. The van der Waals surface area contributed by atoms with Crippen LogP contribution in [0.5, 0.6) is 0 Å². The third kappa shape index (κ3) is 43.5. The van der Waals surface area contributed by atoms with Crippen LogP contribution in [0.25, 0.3) is 12.3 Å². The first-order valence-electron chi connectivity index (χ1n) is 10.6. The maximum atomic E-state index is 11.4. The number of carbonyl (C=O) groups excluding carboxylic acids is 1. The van der Waals surface area contributed by atoms with Crippen molar-refractivity contribution in [1.29, 1.82) is 0 Å². The van der Waals surface area contributed by atoms with Gasteiger partial charge in [-0.3, -0.25) is 4.79 Å². The number of hydrogen-bond donors (Lipinski definition) is 1. The van der Waals surface area contributed by atoms with Crippen molar-refractivity contribution >= 4 is 31.0 Å². The number of esters is 1. The van der Waals surface area contributed by atoms with Crippen LogP contribution >= 0.6 is 18.8 Å². The molecular formula is C21H44Cl2N2O6Pt. The molecule has 0 amide bonds. The van der Waals surface area contributed by atoms with E-state index >= 15 is 0 Å². The summed E-state index contributed by atoms with van der Waals surface area (Å²) >= 11 is -0.472. The normalized spacial score (nSPS) is 9.59. The molecule has 0 heterocycles. The van der Waals surface area contributed by atoms with Crippen molar-refractivity contribution in [2.75, 3.05) is 13.2 Å². The maximum Gasteiger partial charge on any atom is -0.693 e. The van der Waals surface area contributed by atoms with E-state index in [2.05, 4.69) is 23.8 Å². The molecule has 11 heteroatoms. The third-order valence-corrected chi connectivity index (χ3v) is 4.21. The Hall–Kier alpha value is -0.372. The summed E-state index contributed by atoms with van der Waals surface area (Å²) < 4.78 is 9.13. The minimum Gasteiger partial charge on any atom is -0.693 e. The van der Waals surface area contributed by atoms with E-state index in [9.17, 15) is 9.59 Å². The first-order valence-corrected chi connectivity index (χ1v) is 16.2. The summed E-state index contributed by atoms with van der Waals surface area (Å²) in [5.41, 5.74) is 0. The van der Waals surface area contributed by atoms with E-state index in [1.807, 2.05) is 0 Å². The summed E-state index contributed by atoms with van der Waals surface area (Å²) in [5.74, 6) is -0.281. The number of nitrogens with two attached hydrogens (primary N) is 2. The molecule has 0 aromatic heterocycles. The Labute approximate surface area is 211 Å². The fourth-order valence-corrected chi connectivity index (χ4v) is 2.70. The van der Waals surface area contributed by atoms with Gasteiger partial charge in [0.25, 0.3) is 0 Å². The van der Waals surface area contributed by atoms with Crippen molar-refractivity contribution in [2.24, 2.45) is 0 Å². The molecule has 0 bridgehead atoms. The van der Waals surface area contributed by atoms with Gasteiger partial charge in [0.15, 0.2) is 0 Å². The molecule has 0 radical (unpaired) electrons. The predicted molar refractivity (Wildman–Crippen MR) is 130 cm³/mol. The van der Waals surface area contributed by atoms with E-state index in [4.69, 9.17) is 28.7 Å². The van der Waals surface area contributed by atoms with Crippen LogP contribution < -0.4 is 0 Å². The van der Waals surface area contributed by atoms with Crippen LogP contribution in [-0.2, 0) is 30.7 Å². The van der Waals surface area contributed by atoms with Gasteiger partial charge in [0.1, 0.15) is 13.2 Å². The van der Waals surface area contributed by atoms with Gasteiger partial charge in [-0.1, -0.05) is 70.4 Å². The van der Waals surface area contributed by atoms with E-state index < -0.39 is 22.6 Å². The third-order valence-electron chi connectivity index (χ3n) is 4.21. The van der Waals surface area contributed by atoms with Gasteiger partial charge in [0.2, 0.25) is 0 Å². The molecule has 0 aliphatic carbocycles. The van der Waals surface area contributed by atoms with Gasteiger partial charge in [0.05, 0.1) is 0 Å². The second kappa shape index (κ2) is 37.9. The Morgan fingerprint density at radius 1 is 0.781 bits per heavy atom. The van der Waals surface area contributed by atoms with Crippen LogP contribution in [0.15, 0.2) is 12.2 Å². The zero-order valence-corrected chi connectivity index (χ0v) is 23.1. The average molecular weight is 687 g/mol. The van der Waals surface area contributed by atoms with Crippen molar-refractivity contribution in [1.82, 2.24) is 0 Å². The number of halogens is 2. The van der Waals surface area contributed by atoms with Crippen molar-refractivity contribution in [2.45, 2.75) is 96.8 Å². The molecule has 0 fully saturated rings. The van der Waals surface area contributed by atoms with Gasteiger partial charge in [0, 0.05) is 6.42 Å². The minimum absolute atomic E-state index is 0. The van der Waals surface area contributed by atoms with E-state index in [-0.39, 0.29) is 37.0 Å². The number of ether oxygens (including phenoxy) is 2. The van der Waals surface area contributed by atoms with Crippen LogP contribution in [0.3, 0.4) is 0 Å². The molecule has 0 aliphatic rings. The Morgan fingerprint density at radius 2 is 1.19 bits per heavy atom. The second-order valence-corrected chi connectivity index (χ2v) is 10.00. The SMILES string of the molecule is CCCCCCCC/C=C\CCCCCCCC(=O)OCCOC(=O)O.O.[Cl][Pt+2][Cl].[NH2-].[NH2-]. The molecule has 7 N–H and O–H groups in total. The molecule has 0 saturated carbocycles. The van der Waals surface area contributed by atoms with Crippen LogP contribution in [-0.4, -0.2) is 35.9 Å². The van der Waals surface area contributed by atoms with Crippen molar-refractivity contribution < 1.29 is 46.1 Å². The maximum absolute atomic E-state index is 11.4. The zero-order chi connectivity index (χ0) is 22.0. The summed E-state index contributed by atoms with van der Waals surface area (Å²) in [6, 6.07) is 0. The molecule has 0 saturated heterocycles. The quantitative estimate of drug-likeness (QED) is 0.0868. The molecule has 0 unspecified atom stereocenters. The molecule has 0 spiro atoms. The summed E-state index contributed by atoms with van der Waals surface area (Å²) in [6.45, 7) is 2.14. The molecule has 0 aromatic rings. The summed E-state index contributed by atoms with van der Waals surface area (Å²) in [5, 5.41) is 8.26. The van der Waals surface area contributed by atoms with Gasteiger partial charge in [-0.05, 0) is 32.1 Å². The van der Waals surface area contributed by atoms with Gasteiger partial charge in [-0.15, -0.1) is 0 Å². The predicted octanol–water partition coefficient (Wildman–Crippen LogP) is 8.25. The van der Waals surface area contributed by atoms with Crippen LogP contribution in [0, 0.1) is 0 Å². The number of allylic oxidation sites excluding steroid dienone is 2. The minimum atomic E-state index is -1.35. The van der Waals surface area contributed by atoms with Gasteiger partial charge < -0.3 is 32.4 Å². The molecule has 32 heavy (non-hydrogen) atoms. The fraction of sp³-hybridized carbons (Fsp3) is 0.810. The largest absolute Gasteiger partial charge is 0.693 e. The van der Waals surface area contributed by atoms with E-state index in [1.165, 1.54) is 57.8 Å². The molecule has 0 aliphatic heterocycles. The van der Waals surface area contributed by atoms with E-state index in [0.717, 1.165) is 25.7 Å². The number of carbonyl (C=O) groups is 2. The molecule has 0 rings (SSSR count). The smallest absolute Gasteiger partial charge is 0.693 e. The summed E-state index contributed by atoms with van der Waals surface area (Å²) in [6.07, 6.45) is 19.6. The first kappa shape index (κ1) is 41.8. The number of unbranched alkanes of at least 4 members (excludes halogenated alkanes) is 11. The molecule has 198 valence electrons. The average Bonchev–Trinajstić information content (AvgIpc) is 2.68. The van der Waals surface area contributed by atoms with Crippen molar-refractivity contribution in [3.05, 3.63) is 24.5 Å². The second-order valence-electron chi connectivity index (χ2n) is 6.71. The molecular weight excluding hydrogens is 642 g/mol. The number of hydrogen-bond acceptors (Lipinski definition) is 4. The van der Waals surface area contributed by atoms with Crippen molar-refractivity contribution in [3.63, 3.8) is 0 Å². The Bertz CT molecular complexity index is 408. The molecule has 0 atom stereocenters. The summed E-state index contributed by atoms with van der Waals surface area (Å²) in [7, 11) is 9.75. The zero-order valence-electron chi connectivity index (χ0n) is 19.3. The van der Waals surface area contributed by atoms with Crippen LogP contribution in [0.4, 0.5) is 4.79 Å². The monoisotopic (exact) mass is 685 g/mol. The number of carboxylic acid groups (broad SMARTS) is 1. The molecule has 0 aromatic carbocycles. The summed E-state index contributed by atoms with van der Waals surface area (Å²) in [4.78, 5) is 21.5.